The fourth-order valence-corrected chi connectivity index (χ4v) is 3.30. The molecule has 0 spiro atoms. The zero-order valence-electron chi connectivity index (χ0n) is 10.7. The van der Waals surface area contributed by atoms with E-state index in [4.69, 9.17) is 5.73 Å². The third-order valence-corrected chi connectivity index (χ3v) is 4.73. The van der Waals surface area contributed by atoms with Crippen molar-refractivity contribution in [3.63, 3.8) is 0 Å². The second-order valence-electron chi connectivity index (χ2n) is 5.33. The highest BCUT2D eigenvalue weighted by molar-refractivity contribution is 7.16. The van der Waals surface area contributed by atoms with Gasteiger partial charge >= 0.3 is 0 Å². The van der Waals surface area contributed by atoms with Gasteiger partial charge in [-0.2, -0.15) is 0 Å². The fourth-order valence-electron chi connectivity index (χ4n) is 2.61. The van der Waals surface area contributed by atoms with Gasteiger partial charge in [0.05, 0.1) is 21.6 Å². The maximum atomic E-state index is 6.17. The van der Waals surface area contributed by atoms with Gasteiger partial charge in [-0.3, -0.25) is 0 Å². The van der Waals surface area contributed by atoms with Gasteiger partial charge in [-0.05, 0) is 36.8 Å². The summed E-state index contributed by atoms with van der Waals surface area (Å²) in [4.78, 5) is 4.33. The molecular weight excluding hydrogens is 242 g/mol. The summed E-state index contributed by atoms with van der Waals surface area (Å²) in [6.45, 7) is 3.30. The van der Waals surface area contributed by atoms with Gasteiger partial charge in [0, 0.05) is 6.54 Å². The zero-order chi connectivity index (χ0) is 12.6. The summed E-state index contributed by atoms with van der Waals surface area (Å²) in [5.74, 6) is 0. The van der Waals surface area contributed by atoms with Crippen molar-refractivity contribution < 1.29 is 0 Å². The van der Waals surface area contributed by atoms with E-state index in [1.54, 1.807) is 11.3 Å². The van der Waals surface area contributed by atoms with Gasteiger partial charge < -0.3 is 11.1 Å². The van der Waals surface area contributed by atoms with Crippen LogP contribution >= 0.6 is 11.3 Å². The van der Waals surface area contributed by atoms with Crippen LogP contribution < -0.4 is 11.1 Å². The van der Waals surface area contributed by atoms with E-state index in [1.807, 2.05) is 5.51 Å². The van der Waals surface area contributed by atoms with Gasteiger partial charge in [0.15, 0.2) is 0 Å². The van der Waals surface area contributed by atoms with Gasteiger partial charge in [0.1, 0.15) is 5.52 Å². The Morgan fingerprint density at radius 3 is 3.00 bits per heavy atom. The SMILES string of the molecule is CCCC1(CNc2ccc3scnc3c2N)CC1. The van der Waals surface area contributed by atoms with E-state index in [0.717, 1.165) is 28.1 Å². The number of hydrogen-bond donors (Lipinski definition) is 2. The molecule has 4 heteroatoms. The second-order valence-corrected chi connectivity index (χ2v) is 6.22. The molecule has 1 saturated carbocycles. The molecule has 1 fully saturated rings. The van der Waals surface area contributed by atoms with Gasteiger partial charge in [-0.1, -0.05) is 13.3 Å². The molecule has 1 aromatic carbocycles. The van der Waals surface area contributed by atoms with Crippen LogP contribution in [0.4, 0.5) is 11.4 Å². The monoisotopic (exact) mass is 261 g/mol. The molecule has 0 amide bonds. The predicted octanol–water partition coefficient (Wildman–Crippen LogP) is 3.87. The third-order valence-electron chi connectivity index (χ3n) is 3.93. The molecule has 0 saturated heterocycles. The molecule has 1 heterocycles. The molecule has 0 bridgehead atoms. The lowest BCUT2D eigenvalue weighted by atomic mass is 10.0. The van der Waals surface area contributed by atoms with E-state index in [2.05, 4.69) is 29.4 Å². The van der Waals surface area contributed by atoms with Crippen LogP contribution in [0, 0.1) is 5.41 Å². The van der Waals surface area contributed by atoms with Crippen molar-refractivity contribution in [1.29, 1.82) is 0 Å². The van der Waals surface area contributed by atoms with Crippen LogP contribution in [0.1, 0.15) is 32.6 Å². The number of benzene rings is 1. The highest BCUT2D eigenvalue weighted by Gasteiger charge is 2.41. The summed E-state index contributed by atoms with van der Waals surface area (Å²) < 4.78 is 1.16. The van der Waals surface area contributed by atoms with Crippen LogP contribution in [0.3, 0.4) is 0 Å². The number of rotatable bonds is 5. The molecule has 3 nitrogen and oxygen atoms in total. The molecule has 3 rings (SSSR count). The lowest BCUT2D eigenvalue weighted by Gasteiger charge is -2.17. The van der Waals surface area contributed by atoms with Crippen molar-refractivity contribution in [2.45, 2.75) is 32.6 Å². The van der Waals surface area contributed by atoms with Crippen molar-refractivity contribution >= 4 is 32.9 Å². The Hall–Kier alpha value is -1.29. The van der Waals surface area contributed by atoms with Crippen LogP contribution in [0.15, 0.2) is 17.6 Å². The number of nitrogens with zero attached hydrogens (tertiary/aromatic N) is 1. The Kier molecular flexibility index (Phi) is 2.90. The summed E-state index contributed by atoms with van der Waals surface area (Å²) in [5, 5.41) is 3.52. The summed E-state index contributed by atoms with van der Waals surface area (Å²) in [6.07, 6.45) is 5.29. The number of anilines is 2. The summed E-state index contributed by atoms with van der Waals surface area (Å²) >= 11 is 1.64. The minimum Gasteiger partial charge on any atom is -0.395 e. The first kappa shape index (κ1) is 11.8. The normalized spacial score (nSPS) is 16.9. The standard InChI is InChI=1S/C14H19N3S/c1-2-5-14(6-7-14)8-16-10-3-4-11-13(12(10)15)17-9-18-11/h3-4,9,16H,2,5-8,15H2,1H3. The van der Waals surface area contributed by atoms with E-state index < -0.39 is 0 Å². The highest BCUT2D eigenvalue weighted by atomic mass is 32.1. The van der Waals surface area contributed by atoms with Crippen molar-refractivity contribution in [1.82, 2.24) is 4.98 Å². The number of hydrogen-bond acceptors (Lipinski definition) is 4. The maximum absolute atomic E-state index is 6.17. The van der Waals surface area contributed by atoms with Crippen LogP contribution in [0.25, 0.3) is 10.2 Å². The smallest absolute Gasteiger partial charge is 0.106 e. The Morgan fingerprint density at radius 2 is 2.28 bits per heavy atom. The first-order valence-electron chi connectivity index (χ1n) is 6.60. The van der Waals surface area contributed by atoms with Gasteiger partial charge in [0.25, 0.3) is 0 Å². The Bertz CT molecular complexity index is 557. The molecule has 0 radical (unpaired) electrons. The highest BCUT2D eigenvalue weighted by Crippen LogP contribution is 2.49. The lowest BCUT2D eigenvalue weighted by molar-refractivity contribution is 0.486. The number of thiazole rings is 1. The molecule has 18 heavy (non-hydrogen) atoms. The average molecular weight is 261 g/mol. The molecule has 0 unspecified atom stereocenters. The van der Waals surface area contributed by atoms with Crippen molar-refractivity contribution in [3.8, 4) is 0 Å². The number of nitrogens with one attached hydrogen (secondary N) is 1. The molecule has 1 aliphatic carbocycles. The molecule has 3 N–H and O–H groups in total. The first-order chi connectivity index (χ1) is 8.74. The Balaban J connectivity index is 1.76. The molecule has 2 aromatic rings. The molecule has 0 atom stereocenters. The van der Waals surface area contributed by atoms with Crippen molar-refractivity contribution in [2.75, 3.05) is 17.6 Å². The molecule has 0 aliphatic heterocycles. The number of nitrogens with two attached hydrogens (primary N) is 1. The van der Waals surface area contributed by atoms with Gasteiger partial charge in [-0.15, -0.1) is 11.3 Å². The van der Waals surface area contributed by atoms with Gasteiger partial charge in [-0.25, -0.2) is 4.98 Å². The minimum atomic E-state index is 0.540. The number of aromatic nitrogens is 1. The first-order valence-corrected chi connectivity index (χ1v) is 7.48. The van der Waals surface area contributed by atoms with Gasteiger partial charge in [0.2, 0.25) is 0 Å². The summed E-state index contributed by atoms with van der Waals surface area (Å²) in [6, 6.07) is 4.18. The maximum Gasteiger partial charge on any atom is 0.106 e. The van der Waals surface area contributed by atoms with Crippen molar-refractivity contribution in [2.24, 2.45) is 5.41 Å². The molecule has 96 valence electrons. The third kappa shape index (κ3) is 2.05. The zero-order valence-corrected chi connectivity index (χ0v) is 11.5. The van der Waals surface area contributed by atoms with Crippen LogP contribution in [-0.2, 0) is 0 Å². The fraction of sp³-hybridized carbons (Fsp3) is 0.500. The van der Waals surface area contributed by atoms with E-state index in [1.165, 1.54) is 25.7 Å². The largest absolute Gasteiger partial charge is 0.395 e. The van der Waals surface area contributed by atoms with Crippen LogP contribution in [-0.4, -0.2) is 11.5 Å². The topological polar surface area (TPSA) is 50.9 Å². The quantitative estimate of drug-likeness (QED) is 0.803. The molecule has 1 aliphatic rings. The summed E-state index contributed by atoms with van der Waals surface area (Å²) in [5.41, 5.74) is 11.3. The van der Waals surface area contributed by atoms with Crippen LogP contribution in [0.5, 0.6) is 0 Å². The van der Waals surface area contributed by atoms with E-state index in [0.29, 0.717) is 5.41 Å². The van der Waals surface area contributed by atoms with E-state index in [9.17, 15) is 0 Å². The van der Waals surface area contributed by atoms with E-state index >= 15 is 0 Å². The second kappa shape index (κ2) is 4.43. The molecule has 1 aromatic heterocycles. The minimum absolute atomic E-state index is 0.540. The average Bonchev–Trinajstić information content (AvgIpc) is 2.96. The number of nitrogen functional groups attached to an aromatic ring is 1. The summed E-state index contributed by atoms with van der Waals surface area (Å²) in [7, 11) is 0. The Morgan fingerprint density at radius 1 is 1.44 bits per heavy atom. The lowest BCUT2D eigenvalue weighted by Crippen LogP contribution is -2.16. The molecular formula is C14H19N3S. The predicted molar refractivity (Wildman–Crippen MR) is 79.1 cm³/mol. The number of fused-ring (bicyclic) bond motifs is 1. The Labute approximate surface area is 111 Å². The van der Waals surface area contributed by atoms with Crippen LogP contribution in [0.2, 0.25) is 0 Å². The van der Waals surface area contributed by atoms with E-state index in [-0.39, 0.29) is 0 Å². The van der Waals surface area contributed by atoms with Crippen molar-refractivity contribution in [3.05, 3.63) is 17.6 Å².